The zero-order chi connectivity index (χ0) is 34.0. The highest BCUT2D eigenvalue weighted by molar-refractivity contribution is 7.66. The van der Waals surface area contributed by atoms with Gasteiger partial charge in [-0.3, -0.25) is 19.1 Å². The first-order valence-electron chi connectivity index (χ1n) is 10.9. The van der Waals surface area contributed by atoms with Crippen LogP contribution < -0.4 is 11.5 Å². The molecule has 0 saturated carbocycles. The number of aliphatic hydroxyl groups excluding tert-OH is 2. The Balaban J connectivity index is 0.000000439. The lowest BCUT2D eigenvalue weighted by molar-refractivity contribution is -0.139. The number of hydrogen-bond acceptors (Lipinski definition) is 16. The highest BCUT2D eigenvalue weighted by Crippen LogP contribution is 2.66. The maximum atomic E-state index is 11.8. The molecule has 7 atom stereocenters. The van der Waals surface area contributed by atoms with Crippen LogP contribution in [0.1, 0.15) is 6.23 Å². The molecule has 1 saturated heterocycles. The van der Waals surface area contributed by atoms with E-state index in [2.05, 4.69) is 28.1 Å². The van der Waals surface area contributed by atoms with Gasteiger partial charge in [-0.2, -0.15) is 8.62 Å². The molecule has 0 spiro atoms. The lowest BCUT2D eigenvalue weighted by Crippen LogP contribution is -2.45. The Morgan fingerprint density at radius 2 is 1.66 bits per heavy atom. The average molecular weight is 718 g/mol. The summed E-state index contributed by atoms with van der Waals surface area (Å²) in [4.78, 5) is 75.3. The van der Waals surface area contributed by atoms with Crippen LogP contribution in [0.4, 0.5) is 5.82 Å². The summed E-state index contributed by atoms with van der Waals surface area (Å²) in [6.07, 6.45) is -3.69. The first-order valence-corrected chi connectivity index (χ1v) is 17.1. The van der Waals surface area contributed by atoms with Crippen LogP contribution in [0.2, 0.25) is 0 Å². The summed E-state index contributed by atoms with van der Waals surface area (Å²) >= 11 is 0. The molecule has 2 aromatic rings. The Bertz CT molecular complexity index is 1560. The summed E-state index contributed by atoms with van der Waals surface area (Å²) in [5.41, 5.74) is 10.9. The molecular formula is C14H26N8O18P4. The summed E-state index contributed by atoms with van der Waals surface area (Å²) in [5, 5.41) is 35.7. The number of guanidine groups is 1. The molecule has 2 aromatic heterocycles. The smallest absolute Gasteiger partial charge is 0.479 e. The van der Waals surface area contributed by atoms with Crippen LogP contribution in [0.5, 0.6) is 0 Å². The Hall–Kier alpha value is -2.47. The van der Waals surface area contributed by atoms with Crippen LogP contribution in [0.3, 0.4) is 0 Å². The van der Waals surface area contributed by atoms with Gasteiger partial charge in [-0.15, -0.1) is 0 Å². The highest BCUT2D eigenvalue weighted by atomic mass is 31.3. The molecule has 0 bridgehead atoms. The maximum absolute atomic E-state index is 11.8. The van der Waals surface area contributed by atoms with Crippen LogP contribution in [0, 0.1) is 5.41 Å². The summed E-state index contributed by atoms with van der Waals surface area (Å²) in [6.45, 7) is -0.956. The quantitative estimate of drug-likeness (QED) is 0.0617. The number of phosphoric acid groups is 3. The van der Waals surface area contributed by atoms with Crippen molar-refractivity contribution in [3.05, 3.63) is 12.7 Å². The number of fused-ring (bicyclic) bond motifs is 1. The normalized spacial score (nSPS) is 24.0. The van der Waals surface area contributed by atoms with Gasteiger partial charge in [0.2, 0.25) is 5.78 Å². The van der Waals surface area contributed by atoms with Gasteiger partial charge in [-0.25, -0.2) is 33.4 Å². The molecule has 0 aromatic carbocycles. The molecule has 0 aliphatic carbocycles. The van der Waals surface area contributed by atoms with Gasteiger partial charge in [0.25, 0.3) is 0 Å². The Morgan fingerprint density at radius 3 is 2.14 bits per heavy atom. The highest BCUT2D eigenvalue weighted by Gasteiger charge is 2.47. The SMILES string of the molecule is CN(C(=N)N)C(C(=O)O)P(=O)(O)O.Nc1ncnc2c1ncn2[C@@H]1O[C@H](COP(=O)(O)OP(=O)(O)OP(=O)(O)O)[C@@H](O)[C@H]1O. The number of hydrogen-bond donors (Lipinski definition) is 12. The molecule has 44 heavy (non-hydrogen) atoms. The van der Waals surface area contributed by atoms with Crippen LogP contribution >= 0.6 is 31.1 Å². The van der Waals surface area contributed by atoms with Crippen LogP contribution in [0.25, 0.3) is 11.2 Å². The van der Waals surface area contributed by atoms with E-state index >= 15 is 0 Å². The Kier molecular flexibility index (Phi) is 11.9. The van der Waals surface area contributed by atoms with Gasteiger partial charge in [0.1, 0.15) is 30.2 Å². The molecule has 1 aliphatic heterocycles. The average Bonchev–Trinajstić information content (AvgIpc) is 3.36. The lowest BCUT2D eigenvalue weighted by atomic mass is 10.1. The largest absolute Gasteiger partial charge is 0.490 e. The van der Waals surface area contributed by atoms with Crippen molar-refractivity contribution in [2.75, 3.05) is 19.4 Å². The predicted octanol–water partition coefficient (Wildman–Crippen LogP) is -3.23. The number of rotatable bonds is 11. The van der Waals surface area contributed by atoms with E-state index in [0.717, 1.165) is 13.4 Å². The van der Waals surface area contributed by atoms with Crippen molar-refractivity contribution in [3.63, 3.8) is 0 Å². The molecule has 0 amide bonds. The van der Waals surface area contributed by atoms with E-state index in [1.165, 1.54) is 10.9 Å². The number of carboxylic acids is 1. The van der Waals surface area contributed by atoms with E-state index in [1.54, 1.807) is 0 Å². The van der Waals surface area contributed by atoms with Crippen molar-refractivity contribution in [3.8, 4) is 0 Å². The molecule has 26 nitrogen and oxygen atoms in total. The molecule has 14 N–H and O–H groups in total. The summed E-state index contributed by atoms with van der Waals surface area (Å²) < 4.78 is 62.5. The van der Waals surface area contributed by atoms with Gasteiger partial charge < -0.3 is 65.8 Å². The fourth-order valence-corrected chi connectivity index (χ4v) is 7.18. The van der Waals surface area contributed by atoms with Crippen LogP contribution in [-0.2, 0) is 40.9 Å². The second kappa shape index (κ2) is 13.9. The van der Waals surface area contributed by atoms with E-state index in [4.69, 9.17) is 51.2 Å². The Labute approximate surface area is 243 Å². The van der Waals surface area contributed by atoms with E-state index < -0.39 is 79.9 Å². The molecule has 250 valence electrons. The van der Waals surface area contributed by atoms with Crippen LogP contribution in [-0.4, -0.2) is 119 Å². The summed E-state index contributed by atoms with van der Waals surface area (Å²) in [5.74, 6) is -4.52. The number of anilines is 1. The first-order chi connectivity index (χ1) is 19.9. The minimum atomic E-state index is -5.70. The fourth-order valence-electron chi connectivity index (χ4n) is 3.29. The topological polar surface area (TPSA) is 427 Å². The van der Waals surface area contributed by atoms with Gasteiger partial charge in [0.05, 0.1) is 12.9 Å². The third-order valence-corrected chi connectivity index (χ3v) is 10.1. The number of carbonyl (C=O) groups is 1. The van der Waals surface area contributed by atoms with Crippen molar-refractivity contribution >= 4 is 60.0 Å². The third-order valence-electron chi connectivity index (χ3n) is 5.10. The molecule has 1 aliphatic rings. The van der Waals surface area contributed by atoms with E-state index in [1.807, 2.05) is 0 Å². The first kappa shape index (κ1) is 37.7. The summed E-state index contributed by atoms with van der Waals surface area (Å²) in [6, 6.07) is 0. The number of carboxylic acid groups (broad SMARTS) is 1. The number of likely N-dealkylation sites (N-methyl/N-ethyl adjacent to an activating group) is 1. The number of imidazole rings is 1. The van der Waals surface area contributed by atoms with Gasteiger partial charge in [0.15, 0.2) is 23.7 Å². The fraction of sp³-hybridized carbons (Fsp3) is 0.500. The number of nitrogens with two attached hydrogens (primary N) is 2. The molecule has 3 rings (SSSR count). The monoisotopic (exact) mass is 718 g/mol. The number of nitrogens with zero attached hydrogens (tertiary/aromatic N) is 5. The molecular weight excluding hydrogens is 692 g/mol. The van der Waals surface area contributed by atoms with Crippen molar-refractivity contribution in [2.24, 2.45) is 5.73 Å². The van der Waals surface area contributed by atoms with Gasteiger partial charge in [-0.1, -0.05) is 0 Å². The Morgan fingerprint density at radius 1 is 1.07 bits per heavy atom. The van der Waals surface area contributed by atoms with Crippen molar-refractivity contribution in [1.29, 1.82) is 5.41 Å². The third kappa shape index (κ3) is 10.0. The number of aliphatic carboxylic acids is 1. The second-order valence-electron chi connectivity index (χ2n) is 8.31. The maximum Gasteiger partial charge on any atom is 0.490 e. The minimum absolute atomic E-state index is 0.0426. The number of aromatic nitrogens is 4. The van der Waals surface area contributed by atoms with Crippen molar-refractivity contribution < 1.29 is 85.6 Å². The molecule has 30 heteroatoms. The number of nitrogens with one attached hydrogen (secondary N) is 1. The predicted molar refractivity (Wildman–Crippen MR) is 139 cm³/mol. The van der Waals surface area contributed by atoms with E-state index in [-0.39, 0.29) is 17.0 Å². The molecule has 3 unspecified atom stereocenters. The van der Waals surface area contributed by atoms with Crippen molar-refractivity contribution in [2.45, 2.75) is 30.3 Å². The summed E-state index contributed by atoms with van der Waals surface area (Å²) in [7, 11) is -20.5. The van der Waals surface area contributed by atoms with E-state index in [0.29, 0.717) is 4.90 Å². The number of phosphoric ester groups is 1. The number of ether oxygens (including phenoxy) is 1. The van der Waals surface area contributed by atoms with Crippen LogP contribution in [0.15, 0.2) is 12.7 Å². The van der Waals surface area contributed by atoms with Crippen molar-refractivity contribution in [1.82, 2.24) is 24.4 Å². The standard InChI is InChI=1S/C10H16N5O13P3.C4H10N3O5P/c11-8-5-9(13-2-12-8)15(3-14-5)10-7(17)6(16)4(26-10)1-25-30(21,22)28-31(23,24)27-29(18,19)20;1-7(4(5)6)2(3(8)9)13(10,11)12/h2-4,6-7,10,16-17H,1H2,(H,21,22)(H,23,24)(H2,11,12,13)(H2,18,19,20);2H,1H3,(H3,5,6)(H,8,9)(H2,10,11,12)/t4-,6-,7-,10-;/m1./s1. The van der Waals surface area contributed by atoms with Gasteiger partial charge in [0, 0.05) is 7.05 Å². The number of nitrogen functional groups attached to an aromatic ring is 1. The molecule has 0 radical (unpaired) electrons. The van der Waals surface area contributed by atoms with Gasteiger partial charge >= 0.3 is 37.0 Å². The molecule has 3 heterocycles. The zero-order valence-electron chi connectivity index (χ0n) is 21.6. The minimum Gasteiger partial charge on any atom is -0.479 e. The van der Waals surface area contributed by atoms with Gasteiger partial charge in [-0.05, 0) is 0 Å². The molecule has 1 fully saturated rings. The second-order valence-corrected chi connectivity index (χ2v) is 14.4. The van der Waals surface area contributed by atoms with E-state index in [9.17, 15) is 38.2 Å². The number of aliphatic hydroxyl groups is 2. The zero-order valence-corrected chi connectivity index (χ0v) is 25.2. The lowest BCUT2D eigenvalue weighted by Gasteiger charge is -2.24.